The molecule has 0 aromatic carbocycles. The Bertz CT molecular complexity index is 320. The number of amides is 1. The maximum atomic E-state index is 11.5. The predicted molar refractivity (Wildman–Crippen MR) is 56.4 cm³/mol. The summed E-state index contributed by atoms with van der Waals surface area (Å²) in [5.41, 5.74) is 0.334. The quantitative estimate of drug-likeness (QED) is 0.755. The maximum Gasteiger partial charge on any atom is 0.273 e. The zero-order valence-electron chi connectivity index (χ0n) is 9.33. The molecule has 0 aliphatic carbocycles. The summed E-state index contributed by atoms with van der Waals surface area (Å²) in [5, 5.41) is 5.67. The summed E-state index contributed by atoms with van der Waals surface area (Å²) >= 11 is 0. The van der Waals surface area contributed by atoms with Crippen LogP contribution >= 0.6 is 0 Å². The molecule has 0 spiro atoms. The molecule has 84 valence electrons. The molecule has 5 nitrogen and oxygen atoms in total. The van der Waals surface area contributed by atoms with E-state index in [0.717, 1.165) is 0 Å². The van der Waals surface area contributed by atoms with E-state index in [-0.39, 0.29) is 5.91 Å². The minimum absolute atomic E-state index is 0.185. The molecule has 2 N–H and O–H groups in total. The van der Waals surface area contributed by atoms with Gasteiger partial charge < -0.3 is 15.1 Å². The number of nitrogens with zero attached hydrogens (tertiary/aromatic N) is 1. The Kier molecular flexibility index (Phi) is 4.30. The van der Waals surface area contributed by atoms with Crippen molar-refractivity contribution >= 4 is 5.91 Å². The highest BCUT2D eigenvalue weighted by Gasteiger charge is 2.11. The van der Waals surface area contributed by atoms with Crippen molar-refractivity contribution < 1.29 is 9.21 Å². The number of hydrogen-bond acceptors (Lipinski definition) is 4. The second kappa shape index (κ2) is 5.50. The summed E-state index contributed by atoms with van der Waals surface area (Å²) in [6, 6.07) is 0. The van der Waals surface area contributed by atoms with Gasteiger partial charge in [-0.15, -0.1) is 0 Å². The van der Waals surface area contributed by atoms with Crippen molar-refractivity contribution in [3.8, 4) is 0 Å². The first-order valence-electron chi connectivity index (χ1n) is 5.00. The lowest BCUT2D eigenvalue weighted by atomic mass is 10.2. The first-order chi connectivity index (χ1) is 7.13. The van der Waals surface area contributed by atoms with Crippen LogP contribution in [0.3, 0.4) is 0 Å². The topological polar surface area (TPSA) is 67.2 Å². The Morgan fingerprint density at radius 2 is 2.33 bits per heavy atom. The van der Waals surface area contributed by atoms with Crippen LogP contribution in [-0.4, -0.2) is 24.5 Å². The second-order valence-corrected chi connectivity index (χ2v) is 3.76. The van der Waals surface area contributed by atoms with Crippen LogP contribution in [0.1, 0.15) is 30.2 Å². The Morgan fingerprint density at radius 3 is 2.93 bits per heavy atom. The molecule has 5 heteroatoms. The summed E-state index contributed by atoms with van der Waals surface area (Å²) in [4.78, 5) is 15.5. The highest BCUT2D eigenvalue weighted by atomic mass is 16.3. The van der Waals surface area contributed by atoms with E-state index >= 15 is 0 Å². The fraction of sp³-hybridized carbons (Fsp3) is 0.600. The number of carbonyl (C=O) groups excluding carboxylic acids is 1. The zero-order valence-corrected chi connectivity index (χ0v) is 9.33. The van der Waals surface area contributed by atoms with E-state index in [2.05, 4.69) is 15.6 Å². The molecule has 0 unspecified atom stereocenters. The molecule has 0 bridgehead atoms. The number of hydrogen-bond donors (Lipinski definition) is 2. The summed E-state index contributed by atoms with van der Waals surface area (Å²) in [6.07, 6.45) is 1.38. The van der Waals surface area contributed by atoms with Crippen LogP contribution in [0.2, 0.25) is 0 Å². The van der Waals surface area contributed by atoms with E-state index < -0.39 is 0 Å². The molecule has 1 heterocycles. The first kappa shape index (κ1) is 11.7. The van der Waals surface area contributed by atoms with Crippen molar-refractivity contribution in [3.63, 3.8) is 0 Å². The Hall–Kier alpha value is -1.36. The molecule has 15 heavy (non-hydrogen) atoms. The van der Waals surface area contributed by atoms with E-state index in [0.29, 0.717) is 30.6 Å². The van der Waals surface area contributed by atoms with E-state index in [9.17, 15) is 4.79 Å². The molecule has 0 fully saturated rings. The third-order valence-corrected chi connectivity index (χ3v) is 1.78. The van der Waals surface area contributed by atoms with Gasteiger partial charge in [0.1, 0.15) is 6.26 Å². The third kappa shape index (κ3) is 3.71. The normalized spacial score (nSPS) is 10.7. The van der Waals surface area contributed by atoms with Gasteiger partial charge in [0.15, 0.2) is 5.69 Å². The summed E-state index contributed by atoms with van der Waals surface area (Å²) in [6.45, 7) is 5.25. The molecule has 0 aliphatic rings. The number of rotatable bonds is 5. The lowest BCUT2D eigenvalue weighted by Gasteiger charge is -2.04. The fourth-order valence-electron chi connectivity index (χ4n) is 1.03. The van der Waals surface area contributed by atoms with Gasteiger partial charge in [0.25, 0.3) is 5.91 Å². The minimum atomic E-state index is -0.185. The van der Waals surface area contributed by atoms with Crippen LogP contribution in [0.5, 0.6) is 0 Å². The number of carbonyl (C=O) groups is 1. The van der Waals surface area contributed by atoms with Gasteiger partial charge in [-0.25, -0.2) is 4.98 Å². The average Bonchev–Trinajstić information content (AvgIpc) is 2.63. The van der Waals surface area contributed by atoms with Gasteiger partial charge in [0.2, 0.25) is 5.89 Å². The van der Waals surface area contributed by atoms with Gasteiger partial charge in [-0.05, 0) is 13.0 Å². The molecule has 0 saturated heterocycles. The second-order valence-electron chi connectivity index (χ2n) is 3.76. The van der Waals surface area contributed by atoms with Crippen LogP contribution in [0.25, 0.3) is 0 Å². The van der Waals surface area contributed by atoms with Crippen molar-refractivity contribution in [1.82, 2.24) is 15.6 Å². The van der Waals surface area contributed by atoms with Crippen molar-refractivity contribution in [2.45, 2.75) is 20.4 Å². The van der Waals surface area contributed by atoms with Crippen molar-refractivity contribution in [3.05, 3.63) is 17.8 Å². The van der Waals surface area contributed by atoms with Crippen LogP contribution in [-0.2, 0) is 6.54 Å². The van der Waals surface area contributed by atoms with Crippen molar-refractivity contribution in [1.29, 1.82) is 0 Å². The van der Waals surface area contributed by atoms with Gasteiger partial charge in [0.05, 0.1) is 6.54 Å². The molecule has 1 rings (SSSR count). The molecule has 0 aliphatic heterocycles. The lowest BCUT2D eigenvalue weighted by Crippen LogP contribution is -2.27. The van der Waals surface area contributed by atoms with E-state index in [1.54, 1.807) is 7.05 Å². The highest BCUT2D eigenvalue weighted by molar-refractivity contribution is 5.91. The van der Waals surface area contributed by atoms with Gasteiger partial charge in [0, 0.05) is 6.54 Å². The van der Waals surface area contributed by atoms with Crippen LogP contribution in [0, 0.1) is 5.92 Å². The van der Waals surface area contributed by atoms with Gasteiger partial charge in [-0.2, -0.15) is 0 Å². The monoisotopic (exact) mass is 211 g/mol. The Morgan fingerprint density at radius 1 is 1.60 bits per heavy atom. The lowest BCUT2D eigenvalue weighted by molar-refractivity contribution is 0.0944. The summed E-state index contributed by atoms with van der Waals surface area (Å²) in [7, 11) is 1.79. The van der Waals surface area contributed by atoms with Gasteiger partial charge in [-0.1, -0.05) is 13.8 Å². The van der Waals surface area contributed by atoms with Crippen LogP contribution in [0.4, 0.5) is 0 Å². The smallest absolute Gasteiger partial charge is 0.273 e. The highest BCUT2D eigenvalue weighted by Crippen LogP contribution is 2.01. The number of nitrogens with one attached hydrogen (secondary N) is 2. The average molecular weight is 211 g/mol. The number of aromatic nitrogens is 1. The summed E-state index contributed by atoms with van der Waals surface area (Å²) in [5.74, 6) is 0.764. The molecule has 0 radical (unpaired) electrons. The number of oxazole rings is 1. The predicted octanol–water partition coefficient (Wildman–Crippen LogP) is 0.780. The largest absolute Gasteiger partial charge is 0.447 e. The Labute approximate surface area is 89.3 Å². The standard InChI is InChI=1S/C10H17N3O2/c1-7(2)4-12-10(14)8-6-15-9(13-8)5-11-3/h6-7,11H,4-5H2,1-3H3,(H,12,14). The van der Waals surface area contributed by atoms with Gasteiger partial charge in [-0.3, -0.25) is 4.79 Å². The minimum Gasteiger partial charge on any atom is -0.447 e. The summed E-state index contributed by atoms with van der Waals surface area (Å²) < 4.78 is 5.10. The molecule has 1 amide bonds. The maximum absolute atomic E-state index is 11.5. The van der Waals surface area contributed by atoms with Crippen molar-refractivity contribution in [2.24, 2.45) is 5.92 Å². The molecular formula is C10H17N3O2. The molecule has 0 atom stereocenters. The van der Waals surface area contributed by atoms with Crippen molar-refractivity contribution in [2.75, 3.05) is 13.6 Å². The molecule has 0 saturated carbocycles. The zero-order chi connectivity index (χ0) is 11.3. The van der Waals surface area contributed by atoms with Gasteiger partial charge >= 0.3 is 0 Å². The van der Waals surface area contributed by atoms with Crippen LogP contribution < -0.4 is 10.6 Å². The molecule has 1 aromatic heterocycles. The van der Waals surface area contributed by atoms with E-state index in [4.69, 9.17) is 4.42 Å². The fourth-order valence-corrected chi connectivity index (χ4v) is 1.03. The SMILES string of the molecule is CNCc1nc(C(=O)NCC(C)C)co1. The third-order valence-electron chi connectivity index (χ3n) is 1.78. The van der Waals surface area contributed by atoms with E-state index in [1.165, 1.54) is 6.26 Å². The van der Waals surface area contributed by atoms with Crippen LogP contribution in [0.15, 0.2) is 10.7 Å². The Balaban J connectivity index is 2.50. The molecular weight excluding hydrogens is 194 g/mol. The van der Waals surface area contributed by atoms with E-state index in [1.807, 2.05) is 13.8 Å². The first-order valence-corrected chi connectivity index (χ1v) is 5.00. The molecule has 1 aromatic rings.